The first-order chi connectivity index (χ1) is 11.9. The summed E-state index contributed by atoms with van der Waals surface area (Å²) in [5.41, 5.74) is 2.20. The first-order valence-corrected chi connectivity index (χ1v) is 9.06. The highest BCUT2D eigenvalue weighted by molar-refractivity contribution is 5.98. The first kappa shape index (κ1) is 19.4. The number of ether oxygens (including phenoxy) is 1. The van der Waals surface area contributed by atoms with E-state index >= 15 is 0 Å². The minimum atomic E-state index is -0.418. The van der Waals surface area contributed by atoms with E-state index in [9.17, 15) is 14.9 Å². The summed E-state index contributed by atoms with van der Waals surface area (Å²) < 4.78 is 5.84. The highest BCUT2D eigenvalue weighted by Crippen LogP contribution is 2.28. The lowest BCUT2D eigenvalue weighted by Gasteiger charge is -2.22. The molecule has 0 saturated heterocycles. The van der Waals surface area contributed by atoms with Gasteiger partial charge in [0.2, 0.25) is 0 Å². The summed E-state index contributed by atoms with van der Waals surface area (Å²) >= 11 is 0. The highest BCUT2D eigenvalue weighted by Gasteiger charge is 2.23. The zero-order chi connectivity index (χ0) is 18.4. The van der Waals surface area contributed by atoms with Gasteiger partial charge in [-0.15, -0.1) is 0 Å². The van der Waals surface area contributed by atoms with Gasteiger partial charge in [0.05, 0.1) is 16.6 Å². The number of amides is 1. The molecule has 2 rings (SSSR count). The molecule has 0 aromatic heterocycles. The van der Waals surface area contributed by atoms with Crippen molar-refractivity contribution in [3.05, 3.63) is 38.4 Å². The summed E-state index contributed by atoms with van der Waals surface area (Å²) in [4.78, 5) is 23.3. The number of nitrogens with one attached hydrogen (secondary N) is 1. The van der Waals surface area contributed by atoms with Crippen molar-refractivity contribution >= 4 is 11.6 Å². The van der Waals surface area contributed by atoms with Gasteiger partial charge in [-0.2, -0.15) is 0 Å². The summed E-state index contributed by atoms with van der Waals surface area (Å²) in [5.74, 6) is -0.254. The number of aryl methyl sites for hydroxylation is 2. The van der Waals surface area contributed by atoms with Crippen LogP contribution in [0.1, 0.15) is 65.6 Å². The second-order valence-electron chi connectivity index (χ2n) is 6.86. The van der Waals surface area contributed by atoms with Crippen LogP contribution in [0.2, 0.25) is 0 Å². The van der Waals surface area contributed by atoms with Crippen LogP contribution in [0.3, 0.4) is 0 Å². The van der Waals surface area contributed by atoms with Gasteiger partial charge < -0.3 is 10.1 Å². The zero-order valence-electron chi connectivity index (χ0n) is 15.4. The van der Waals surface area contributed by atoms with Crippen molar-refractivity contribution in [2.45, 2.75) is 65.4 Å². The Labute approximate surface area is 149 Å². The summed E-state index contributed by atoms with van der Waals surface area (Å²) in [6, 6.07) is 1.70. The van der Waals surface area contributed by atoms with E-state index in [0.29, 0.717) is 35.9 Å². The molecule has 1 aliphatic carbocycles. The lowest BCUT2D eigenvalue weighted by molar-refractivity contribution is -0.386. The average Bonchev–Trinajstić information content (AvgIpc) is 2.54. The first-order valence-electron chi connectivity index (χ1n) is 9.06. The van der Waals surface area contributed by atoms with Crippen LogP contribution in [0, 0.1) is 30.9 Å². The molecule has 1 aromatic rings. The van der Waals surface area contributed by atoms with Crippen LogP contribution < -0.4 is 5.32 Å². The van der Waals surface area contributed by atoms with Gasteiger partial charge in [-0.05, 0) is 51.7 Å². The molecule has 25 heavy (non-hydrogen) atoms. The van der Waals surface area contributed by atoms with Gasteiger partial charge in [0.1, 0.15) is 0 Å². The van der Waals surface area contributed by atoms with Crippen LogP contribution in [0.4, 0.5) is 5.69 Å². The number of hydrogen-bond acceptors (Lipinski definition) is 4. The Morgan fingerprint density at radius 1 is 1.24 bits per heavy atom. The quantitative estimate of drug-likeness (QED) is 0.459. The molecule has 0 spiro atoms. The van der Waals surface area contributed by atoms with Gasteiger partial charge in [-0.1, -0.05) is 19.3 Å². The van der Waals surface area contributed by atoms with Crippen LogP contribution >= 0.6 is 0 Å². The van der Waals surface area contributed by atoms with Gasteiger partial charge in [0.25, 0.3) is 11.6 Å². The molecule has 138 valence electrons. The lowest BCUT2D eigenvalue weighted by Crippen LogP contribution is -2.28. The predicted octanol–water partition coefficient (Wildman–Crippen LogP) is 3.99. The minimum absolute atomic E-state index is 0.0244. The number of hydrogen-bond donors (Lipinski definition) is 1. The van der Waals surface area contributed by atoms with E-state index in [1.165, 1.54) is 19.3 Å². The molecule has 1 saturated carbocycles. The van der Waals surface area contributed by atoms with Crippen molar-refractivity contribution in [2.75, 3.05) is 13.2 Å². The number of nitrogens with zero attached hydrogens (tertiary/aromatic N) is 1. The fraction of sp³-hybridized carbons (Fsp3) is 0.632. The fourth-order valence-corrected chi connectivity index (χ4v) is 3.65. The third kappa shape index (κ3) is 5.01. The van der Waals surface area contributed by atoms with Gasteiger partial charge in [-0.3, -0.25) is 14.9 Å². The molecule has 1 amide bonds. The SMILES string of the molecule is Cc1cc(C)c([N+](=O)[O-])c(C)c1C(=O)NCCCOC1CCCCC1. The Kier molecular flexibility index (Phi) is 6.93. The van der Waals surface area contributed by atoms with E-state index in [2.05, 4.69) is 5.32 Å². The van der Waals surface area contributed by atoms with E-state index < -0.39 is 4.92 Å². The maximum atomic E-state index is 12.5. The minimum Gasteiger partial charge on any atom is -0.378 e. The van der Waals surface area contributed by atoms with Crippen molar-refractivity contribution in [2.24, 2.45) is 0 Å². The van der Waals surface area contributed by atoms with Gasteiger partial charge >= 0.3 is 0 Å². The average molecular weight is 348 g/mol. The third-order valence-corrected chi connectivity index (χ3v) is 4.85. The maximum Gasteiger partial charge on any atom is 0.275 e. The van der Waals surface area contributed by atoms with Crippen LogP contribution in [-0.4, -0.2) is 30.1 Å². The molecule has 0 unspecified atom stereocenters. The number of carbonyl (C=O) groups excluding carboxylic acids is 1. The summed E-state index contributed by atoms with van der Waals surface area (Å²) in [6.07, 6.45) is 7.17. The monoisotopic (exact) mass is 348 g/mol. The van der Waals surface area contributed by atoms with Crippen LogP contribution in [0.5, 0.6) is 0 Å². The Hall–Kier alpha value is -1.95. The van der Waals surface area contributed by atoms with E-state index in [-0.39, 0.29) is 11.6 Å². The molecule has 6 nitrogen and oxygen atoms in total. The molecule has 0 bridgehead atoms. The molecular formula is C19H28N2O4. The number of carbonyl (C=O) groups is 1. The number of benzene rings is 1. The zero-order valence-corrected chi connectivity index (χ0v) is 15.4. The number of rotatable bonds is 7. The van der Waals surface area contributed by atoms with Gasteiger partial charge in [-0.25, -0.2) is 0 Å². The van der Waals surface area contributed by atoms with Crippen molar-refractivity contribution in [1.82, 2.24) is 5.32 Å². The lowest BCUT2D eigenvalue weighted by atomic mass is 9.97. The van der Waals surface area contributed by atoms with E-state index in [1.807, 2.05) is 6.92 Å². The van der Waals surface area contributed by atoms with Crippen molar-refractivity contribution < 1.29 is 14.5 Å². The molecule has 0 heterocycles. The summed E-state index contributed by atoms with van der Waals surface area (Å²) in [6.45, 7) is 6.29. The van der Waals surface area contributed by atoms with Gasteiger partial charge in [0, 0.05) is 24.3 Å². The molecule has 6 heteroatoms. The normalized spacial score (nSPS) is 15.2. The largest absolute Gasteiger partial charge is 0.378 e. The highest BCUT2D eigenvalue weighted by atomic mass is 16.6. The maximum absolute atomic E-state index is 12.5. The molecule has 1 fully saturated rings. The number of nitro benzene ring substituents is 1. The second-order valence-corrected chi connectivity index (χ2v) is 6.86. The summed E-state index contributed by atoms with van der Waals surface area (Å²) in [7, 11) is 0. The van der Waals surface area contributed by atoms with Crippen molar-refractivity contribution in [3.63, 3.8) is 0 Å². The van der Waals surface area contributed by atoms with Crippen LogP contribution in [0.15, 0.2) is 6.07 Å². The molecule has 1 aromatic carbocycles. The molecule has 1 N–H and O–H groups in total. The molecular weight excluding hydrogens is 320 g/mol. The molecule has 0 radical (unpaired) electrons. The number of nitro groups is 1. The third-order valence-electron chi connectivity index (χ3n) is 4.85. The Bertz CT molecular complexity index is 637. The fourth-order valence-electron chi connectivity index (χ4n) is 3.65. The van der Waals surface area contributed by atoms with E-state index in [4.69, 9.17) is 4.74 Å². The Morgan fingerprint density at radius 2 is 1.92 bits per heavy atom. The summed E-state index contributed by atoms with van der Waals surface area (Å²) in [5, 5.41) is 14.1. The Morgan fingerprint density at radius 3 is 2.56 bits per heavy atom. The van der Waals surface area contributed by atoms with Gasteiger partial charge in [0.15, 0.2) is 0 Å². The smallest absolute Gasteiger partial charge is 0.275 e. The second kappa shape index (κ2) is 8.94. The van der Waals surface area contributed by atoms with Crippen LogP contribution in [0.25, 0.3) is 0 Å². The predicted molar refractivity (Wildman–Crippen MR) is 97.1 cm³/mol. The topological polar surface area (TPSA) is 81.5 Å². The van der Waals surface area contributed by atoms with Crippen molar-refractivity contribution in [3.8, 4) is 0 Å². The molecule has 0 atom stereocenters. The van der Waals surface area contributed by atoms with E-state index in [0.717, 1.165) is 24.8 Å². The van der Waals surface area contributed by atoms with Crippen LogP contribution in [-0.2, 0) is 4.74 Å². The van der Waals surface area contributed by atoms with Crippen molar-refractivity contribution in [1.29, 1.82) is 0 Å². The molecule has 1 aliphatic rings. The Balaban J connectivity index is 1.88. The molecule has 0 aliphatic heterocycles. The standard InChI is InChI=1S/C19H28N2O4/c1-13-12-14(2)18(21(23)24)15(3)17(13)19(22)20-10-7-11-25-16-8-5-4-6-9-16/h12,16H,4-11H2,1-3H3,(H,20,22). The van der Waals surface area contributed by atoms with E-state index in [1.54, 1.807) is 19.9 Å².